The van der Waals surface area contributed by atoms with Gasteiger partial charge in [0.05, 0.1) is 38.4 Å². The molecule has 0 bridgehead atoms. The van der Waals surface area contributed by atoms with Gasteiger partial charge in [-0.25, -0.2) is 4.98 Å². The van der Waals surface area contributed by atoms with Crippen LogP contribution in [0, 0.1) is 6.92 Å². The number of benzene rings is 1. The smallest absolute Gasteiger partial charge is 0.257 e. The Morgan fingerprint density at radius 1 is 1.17 bits per heavy atom. The second kappa shape index (κ2) is 7.32. The topological polar surface area (TPSA) is 60.9 Å². The SMILES string of the molecule is COc1ccc(C(=O)N(C)Cc2cnc(C)s2)c(OC)c1OC. The highest BCUT2D eigenvalue weighted by molar-refractivity contribution is 7.11. The van der Waals surface area contributed by atoms with Crippen LogP contribution in [0.3, 0.4) is 0 Å². The zero-order valence-electron chi connectivity index (χ0n) is 13.9. The van der Waals surface area contributed by atoms with Crippen LogP contribution in [0.4, 0.5) is 0 Å². The van der Waals surface area contributed by atoms with E-state index in [-0.39, 0.29) is 5.91 Å². The van der Waals surface area contributed by atoms with Gasteiger partial charge in [-0.1, -0.05) is 0 Å². The van der Waals surface area contributed by atoms with Crippen LogP contribution in [0.2, 0.25) is 0 Å². The first-order valence-corrected chi connectivity index (χ1v) is 7.79. The molecule has 1 aromatic carbocycles. The number of hydrogen-bond donors (Lipinski definition) is 0. The summed E-state index contributed by atoms with van der Waals surface area (Å²) < 4.78 is 15.9. The lowest BCUT2D eigenvalue weighted by Crippen LogP contribution is -2.26. The summed E-state index contributed by atoms with van der Waals surface area (Å²) in [7, 11) is 6.30. The minimum atomic E-state index is -0.158. The number of ether oxygens (including phenoxy) is 3. The van der Waals surface area contributed by atoms with Gasteiger partial charge in [-0.15, -0.1) is 11.3 Å². The van der Waals surface area contributed by atoms with Crippen molar-refractivity contribution < 1.29 is 19.0 Å². The number of carbonyl (C=O) groups is 1. The number of carbonyl (C=O) groups excluding carboxylic acids is 1. The Balaban J connectivity index is 2.31. The number of aromatic nitrogens is 1. The quantitative estimate of drug-likeness (QED) is 0.812. The Hall–Kier alpha value is -2.28. The molecule has 0 fully saturated rings. The van der Waals surface area contributed by atoms with Gasteiger partial charge < -0.3 is 19.1 Å². The number of methoxy groups -OCH3 is 3. The number of hydrogen-bond acceptors (Lipinski definition) is 6. The van der Waals surface area contributed by atoms with Crippen molar-refractivity contribution in [3.05, 3.63) is 33.8 Å². The van der Waals surface area contributed by atoms with Crippen molar-refractivity contribution in [1.29, 1.82) is 0 Å². The molecule has 0 radical (unpaired) electrons. The van der Waals surface area contributed by atoms with Crippen LogP contribution in [0.1, 0.15) is 20.2 Å². The third-order valence-corrected chi connectivity index (χ3v) is 4.24. The van der Waals surface area contributed by atoms with Crippen LogP contribution >= 0.6 is 11.3 Å². The predicted octanol–water partition coefficient (Wildman–Crippen LogP) is 2.75. The van der Waals surface area contributed by atoms with Crippen LogP contribution in [0.5, 0.6) is 17.2 Å². The lowest BCUT2D eigenvalue weighted by molar-refractivity contribution is 0.0782. The maximum atomic E-state index is 12.7. The van der Waals surface area contributed by atoms with Crippen molar-refractivity contribution in [3.8, 4) is 17.2 Å². The van der Waals surface area contributed by atoms with E-state index in [1.54, 1.807) is 41.6 Å². The molecule has 0 unspecified atom stereocenters. The van der Waals surface area contributed by atoms with Crippen molar-refractivity contribution in [3.63, 3.8) is 0 Å². The van der Waals surface area contributed by atoms with Crippen molar-refractivity contribution >= 4 is 17.2 Å². The van der Waals surface area contributed by atoms with Crippen molar-refractivity contribution in [2.24, 2.45) is 0 Å². The molecule has 0 aliphatic rings. The second-order valence-electron chi connectivity index (χ2n) is 4.89. The zero-order valence-corrected chi connectivity index (χ0v) is 14.7. The molecular formula is C16H20N2O4S. The summed E-state index contributed by atoms with van der Waals surface area (Å²) in [6.45, 7) is 2.43. The van der Waals surface area contributed by atoms with E-state index >= 15 is 0 Å². The summed E-state index contributed by atoms with van der Waals surface area (Å²) in [4.78, 5) is 19.6. The van der Waals surface area contributed by atoms with E-state index in [0.29, 0.717) is 29.4 Å². The molecule has 2 rings (SSSR count). The van der Waals surface area contributed by atoms with Gasteiger partial charge in [0.25, 0.3) is 5.91 Å². The molecule has 0 saturated carbocycles. The van der Waals surface area contributed by atoms with Crippen molar-refractivity contribution in [1.82, 2.24) is 9.88 Å². The van der Waals surface area contributed by atoms with Crippen LogP contribution in [0.15, 0.2) is 18.3 Å². The maximum Gasteiger partial charge on any atom is 0.257 e. The van der Waals surface area contributed by atoms with Gasteiger partial charge in [0.2, 0.25) is 5.75 Å². The van der Waals surface area contributed by atoms with Gasteiger partial charge in [0.1, 0.15) is 0 Å². The largest absolute Gasteiger partial charge is 0.493 e. The Bertz CT molecular complexity index is 699. The monoisotopic (exact) mass is 336 g/mol. The van der Waals surface area contributed by atoms with Crippen LogP contribution < -0.4 is 14.2 Å². The fraction of sp³-hybridized carbons (Fsp3) is 0.375. The molecule has 0 atom stereocenters. The van der Waals surface area contributed by atoms with Gasteiger partial charge in [0, 0.05) is 18.1 Å². The minimum absolute atomic E-state index is 0.158. The van der Waals surface area contributed by atoms with Crippen molar-refractivity contribution in [2.75, 3.05) is 28.4 Å². The van der Waals surface area contributed by atoms with Gasteiger partial charge >= 0.3 is 0 Å². The van der Waals surface area contributed by atoms with E-state index in [4.69, 9.17) is 14.2 Å². The summed E-state index contributed by atoms with van der Waals surface area (Å²) in [6.07, 6.45) is 1.79. The molecular weight excluding hydrogens is 316 g/mol. The average Bonchev–Trinajstić information content (AvgIpc) is 2.97. The lowest BCUT2D eigenvalue weighted by atomic mass is 10.1. The molecule has 1 amide bonds. The minimum Gasteiger partial charge on any atom is -0.493 e. The molecule has 1 aromatic heterocycles. The number of nitrogens with zero attached hydrogens (tertiary/aromatic N) is 2. The molecule has 0 aliphatic carbocycles. The summed E-state index contributed by atoms with van der Waals surface area (Å²) in [5.41, 5.74) is 0.425. The third-order valence-electron chi connectivity index (χ3n) is 3.34. The zero-order chi connectivity index (χ0) is 17.0. The highest BCUT2D eigenvalue weighted by Gasteiger charge is 2.23. The van der Waals surface area contributed by atoms with E-state index in [0.717, 1.165) is 9.88 Å². The first kappa shape index (κ1) is 17.1. The van der Waals surface area contributed by atoms with Crippen LogP contribution in [-0.4, -0.2) is 44.2 Å². The highest BCUT2D eigenvalue weighted by atomic mass is 32.1. The second-order valence-corrected chi connectivity index (χ2v) is 6.21. The van der Waals surface area contributed by atoms with Gasteiger partial charge in [-0.3, -0.25) is 4.79 Å². The molecule has 23 heavy (non-hydrogen) atoms. The predicted molar refractivity (Wildman–Crippen MR) is 88.7 cm³/mol. The summed E-state index contributed by atoms with van der Waals surface area (Å²) >= 11 is 1.57. The highest BCUT2D eigenvalue weighted by Crippen LogP contribution is 2.40. The lowest BCUT2D eigenvalue weighted by Gasteiger charge is -2.20. The maximum absolute atomic E-state index is 12.7. The molecule has 0 aliphatic heterocycles. The van der Waals surface area contributed by atoms with E-state index in [2.05, 4.69) is 4.98 Å². The Morgan fingerprint density at radius 3 is 2.39 bits per heavy atom. The summed E-state index contributed by atoms with van der Waals surface area (Å²) in [5.74, 6) is 1.13. The normalized spacial score (nSPS) is 10.3. The van der Waals surface area contributed by atoms with Gasteiger partial charge in [-0.2, -0.15) is 0 Å². The van der Waals surface area contributed by atoms with E-state index < -0.39 is 0 Å². The van der Waals surface area contributed by atoms with Crippen LogP contribution in [0.25, 0.3) is 0 Å². The average molecular weight is 336 g/mol. The van der Waals surface area contributed by atoms with Gasteiger partial charge in [-0.05, 0) is 19.1 Å². The Kier molecular flexibility index (Phi) is 5.44. The number of thiazole rings is 1. The van der Waals surface area contributed by atoms with Gasteiger partial charge in [0.15, 0.2) is 11.5 Å². The number of aryl methyl sites for hydroxylation is 1. The van der Waals surface area contributed by atoms with E-state index in [1.165, 1.54) is 21.3 Å². The fourth-order valence-corrected chi connectivity index (χ4v) is 3.11. The summed E-state index contributed by atoms with van der Waals surface area (Å²) in [6, 6.07) is 3.37. The molecule has 7 heteroatoms. The van der Waals surface area contributed by atoms with Crippen LogP contribution in [-0.2, 0) is 6.54 Å². The Labute approximate surface area is 139 Å². The molecule has 124 valence electrons. The molecule has 2 aromatic rings. The van der Waals surface area contributed by atoms with Crippen molar-refractivity contribution in [2.45, 2.75) is 13.5 Å². The standard InChI is InChI=1S/C16H20N2O4S/c1-10-17-8-11(23-10)9-18(2)16(19)12-6-7-13(20-3)15(22-5)14(12)21-4/h6-8H,9H2,1-5H3. The van der Waals surface area contributed by atoms with E-state index in [9.17, 15) is 4.79 Å². The summed E-state index contributed by atoms with van der Waals surface area (Å²) in [5, 5.41) is 0.976. The fourth-order valence-electron chi connectivity index (χ4n) is 2.26. The number of amides is 1. The first-order chi connectivity index (χ1) is 11.0. The Morgan fingerprint density at radius 2 is 1.87 bits per heavy atom. The first-order valence-electron chi connectivity index (χ1n) is 6.97. The third kappa shape index (κ3) is 3.56. The molecule has 1 heterocycles. The molecule has 0 saturated heterocycles. The van der Waals surface area contributed by atoms with E-state index in [1.807, 2.05) is 6.92 Å². The molecule has 6 nitrogen and oxygen atoms in total. The molecule has 0 spiro atoms. The number of rotatable bonds is 6. The molecule has 0 N–H and O–H groups in total.